The first kappa shape index (κ1) is 12.5. The highest BCUT2D eigenvalue weighted by molar-refractivity contribution is 5.66. The molecule has 5 heteroatoms. The average Bonchev–Trinajstić information content (AvgIpc) is 2.45. The van der Waals surface area contributed by atoms with Gasteiger partial charge >= 0.3 is 11.9 Å². The molecular formula is C11H17NO4. The number of carboxylic acids is 1. The molecule has 1 heterocycles. The summed E-state index contributed by atoms with van der Waals surface area (Å²) in [4.78, 5) is 14.7. The lowest BCUT2D eigenvalue weighted by Crippen LogP contribution is -2.07. The molecule has 0 amide bonds. The SMILES string of the molecule is CCOc1oc(CC(C)CC(=O)O)nc1C. The molecule has 1 unspecified atom stereocenters. The lowest BCUT2D eigenvalue weighted by atomic mass is 10.0. The van der Waals surface area contributed by atoms with E-state index in [1.54, 1.807) is 6.92 Å². The van der Waals surface area contributed by atoms with Crippen molar-refractivity contribution in [3.8, 4) is 5.95 Å². The van der Waals surface area contributed by atoms with Crippen LogP contribution in [0.25, 0.3) is 0 Å². The monoisotopic (exact) mass is 227 g/mol. The summed E-state index contributed by atoms with van der Waals surface area (Å²) in [5.74, 6) is 0.167. The maximum absolute atomic E-state index is 10.5. The number of carboxylic acid groups (broad SMARTS) is 1. The molecule has 1 rings (SSSR count). The van der Waals surface area contributed by atoms with E-state index < -0.39 is 5.97 Å². The number of rotatable bonds is 6. The van der Waals surface area contributed by atoms with Crippen LogP contribution in [-0.2, 0) is 11.2 Å². The quantitative estimate of drug-likeness (QED) is 0.805. The van der Waals surface area contributed by atoms with Gasteiger partial charge in [0.05, 0.1) is 6.61 Å². The Kier molecular flexibility index (Phi) is 4.34. The third kappa shape index (κ3) is 3.56. The van der Waals surface area contributed by atoms with Crippen LogP contribution >= 0.6 is 0 Å². The second-order valence-electron chi connectivity index (χ2n) is 3.82. The molecule has 0 saturated carbocycles. The normalized spacial score (nSPS) is 12.4. The summed E-state index contributed by atoms with van der Waals surface area (Å²) in [6, 6.07) is 0. The van der Waals surface area contributed by atoms with Gasteiger partial charge in [0, 0.05) is 12.8 Å². The Morgan fingerprint density at radius 3 is 2.88 bits per heavy atom. The van der Waals surface area contributed by atoms with E-state index in [1.165, 1.54) is 0 Å². The van der Waals surface area contributed by atoms with Gasteiger partial charge in [-0.2, -0.15) is 0 Å². The highest BCUT2D eigenvalue weighted by Crippen LogP contribution is 2.21. The predicted molar refractivity (Wildman–Crippen MR) is 57.5 cm³/mol. The molecule has 0 spiro atoms. The first-order valence-corrected chi connectivity index (χ1v) is 5.33. The highest BCUT2D eigenvalue weighted by atomic mass is 16.6. The fourth-order valence-corrected chi connectivity index (χ4v) is 1.46. The largest absolute Gasteiger partial charge is 0.481 e. The van der Waals surface area contributed by atoms with Crippen LogP contribution in [0.3, 0.4) is 0 Å². The Morgan fingerprint density at radius 2 is 2.31 bits per heavy atom. The number of hydrogen-bond acceptors (Lipinski definition) is 4. The van der Waals surface area contributed by atoms with Crippen LogP contribution in [0, 0.1) is 12.8 Å². The number of aryl methyl sites for hydroxylation is 1. The van der Waals surface area contributed by atoms with Crippen molar-refractivity contribution >= 4 is 5.97 Å². The molecule has 1 atom stereocenters. The highest BCUT2D eigenvalue weighted by Gasteiger charge is 2.15. The number of aromatic nitrogens is 1. The zero-order valence-electron chi connectivity index (χ0n) is 9.82. The van der Waals surface area contributed by atoms with Gasteiger partial charge in [0.25, 0.3) is 0 Å². The maximum Gasteiger partial charge on any atom is 0.308 e. The average molecular weight is 227 g/mol. The van der Waals surface area contributed by atoms with Crippen LogP contribution in [-0.4, -0.2) is 22.7 Å². The van der Waals surface area contributed by atoms with Crippen molar-refractivity contribution in [1.29, 1.82) is 0 Å². The molecule has 0 radical (unpaired) electrons. The third-order valence-electron chi connectivity index (χ3n) is 2.12. The molecule has 1 aromatic heterocycles. The fourth-order valence-electron chi connectivity index (χ4n) is 1.46. The smallest absolute Gasteiger partial charge is 0.308 e. The molecule has 5 nitrogen and oxygen atoms in total. The van der Waals surface area contributed by atoms with E-state index in [-0.39, 0.29) is 12.3 Å². The summed E-state index contributed by atoms with van der Waals surface area (Å²) in [5.41, 5.74) is 0.708. The van der Waals surface area contributed by atoms with Crippen LogP contribution in [0.2, 0.25) is 0 Å². The first-order valence-electron chi connectivity index (χ1n) is 5.33. The molecule has 0 bridgehead atoms. The topological polar surface area (TPSA) is 72.6 Å². The first-order chi connectivity index (χ1) is 7.52. The molecule has 0 aromatic carbocycles. The van der Waals surface area contributed by atoms with E-state index in [4.69, 9.17) is 14.3 Å². The molecule has 0 aliphatic rings. The minimum atomic E-state index is -0.805. The van der Waals surface area contributed by atoms with Crippen molar-refractivity contribution in [2.45, 2.75) is 33.6 Å². The molecule has 1 N–H and O–H groups in total. The van der Waals surface area contributed by atoms with Crippen LogP contribution in [0.5, 0.6) is 5.95 Å². The van der Waals surface area contributed by atoms with E-state index in [9.17, 15) is 4.79 Å². The molecule has 16 heavy (non-hydrogen) atoms. The Labute approximate surface area is 94.4 Å². The molecule has 0 saturated heterocycles. The minimum absolute atomic E-state index is 0.00465. The van der Waals surface area contributed by atoms with Crippen molar-refractivity contribution in [3.05, 3.63) is 11.6 Å². The lowest BCUT2D eigenvalue weighted by Gasteiger charge is -2.04. The zero-order valence-corrected chi connectivity index (χ0v) is 9.82. The predicted octanol–water partition coefficient (Wildman–Crippen LogP) is 2.04. The maximum atomic E-state index is 10.5. The number of oxazole rings is 1. The number of hydrogen-bond donors (Lipinski definition) is 1. The van der Waals surface area contributed by atoms with Gasteiger partial charge in [-0.3, -0.25) is 4.79 Å². The number of nitrogens with zero attached hydrogens (tertiary/aromatic N) is 1. The van der Waals surface area contributed by atoms with Gasteiger partial charge in [-0.25, -0.2) is 4.98 Å². The van der Waals surface area contributed by atoms with Gasteiger partial charge in [-0.1, -0.05) is 6.92 Å². The molecule has 0 fully saturated rings. The van der Waals surface area contributed by atoms with E-state index in [2.05, 4.69) is 4.98 Å². The summed E-state index contributed by atoms with van der Waals surface area (Å²) in [6.45, 7) is 6.06. The van der Waals surface area contributed by atoms with E-state index in [1.807, 2.05) is 13.8 Å². The van der Waals surface area contributed by atoms with E-state index in [0.29, 0.717) is 30.6 Å². The Hall–Kier alpha value is -1.52. The second-order valence-corrected chi connectivity index (χ2v) is 3.82. The van der Waals surface area contributed by atoms with Gasteiger partial charge in [0.2, 0.25) is 0 Å². The van der Waals surface area contributed by atoms with Gasteiger partial charge in [-0.15, -0.1) is 0 Å². The standard InChI is InChI=1S/C11H17NO4/c1-4-15-11-8(3)12-9(16-11)5-7(2)6-10(13)14/h7H,4-6H2,1-3H3,(H,13,14). The summed E-state index contributed by atoms with van der Waals surface area (Å²) >= 11 is 0. The lowest BCUT2D eigenvalue weighted by molar-refractivity contribution is -0.137. The zero-order chi connectivity index (χ0) is 12.1. The summed E-state index contributed by atoms with van der Waals surface area (Å²) in [7, 11) is 0. The summed E-state index contributed by atoms with van der Waals surface area (Å²) in [5, 5.41) is 8.63. The van der Waals surface area contributed by atoms with Crippen molar-refractivity contribution in [2.75, 3.05) is 6.61 Å². The van der Waals surface area contributed by atoms with E-state index >= 15 is 0 Å². The second kappa shape index (κ2) is 5.53. The van der Waals surface area contributed by atoms with Crippen molar-refractivity contribution in [1.82, 2.24) is 4.98 Å². The summed E-state index contributed by atoms with van der Waals surface area (Å²) < 4.78 is 10.6. The minimum Gasteiger partial charge on any atom is -0.481 e. The number of ether oxygens (including phenoxy) is 1. The molecule has 1 aromatic rings. The molecular weight excluding hydrogens is 210 g/mol. The molecule has 0 aliphatic heterocycles. The van der Waals surface area contributed by atoms with Crippen molar-refractivity contribution < 1.29 is 19.1 Å². The molecule has 0 aliphatic carbocycles. The van der Waals surface area contributed by atoms with Crippen LogP contribution in [0.1, 0.15) is 31.9 Å². The van der Waals surface area contributed by atoms with Gasteiger partial charge < -0.3 is 14.3 Å². The van der Waals surface area contributed by atoms with Crippen LogP contribution < -0.4 is 4.74 Å². The number of carbonyl (C=O) groups is 1. The Balaban J connectivity index is 2.60. The van der Waals surface area contributed by atoms with Crippen molar-refractivity contribution in [2.24, 2.45) is 5.92 Å². The van der Waals surface area contributed by atoms with Crippen molar-refractivity contribution in [3.63, 3.8) is 0 Å². The van der Waals surface area contributed by atoms with Crippen LogP contribution in [0.4, 0.5) is 0 Å². The molecule has 90 valence electrons. The van der Waals surface area contributed by atoms with Gasteiger partial charge in [0.1, 0.15) is 5.69 Å². The van der Waals surface area contributed by atoms with Gasteiger partial charge in [-0.05, 0) is 19.8 Å². The summed E-state index contributed by atoms with van der Waals surface area (Å²) in [6.07, 6.45) is 0.631. The third-order valence-corrected chi connectivity index (χ3v) is 2.12. The Bertz CT molecular complexity index is 359. The van der Waals surface area contributed by atoms with Crippen LogP contribution in [0.15, 0.2) is 4.42 Å². The number of aliphatic carboxylic acids is 1. The Morgan fingerprint density at radius 1 is 1.62 bits per heavy atom. The van der Waals surface area contributed by atoms with Gasteiger partial charge in [0.15, 0.2) is 5.89 Å². The fraction of sp³-hybridized carbons (Fsp3) is 0.636. The van der Waals surface area contributed by atoms with E-state index in [0.717, 1.165) is 0 Å².